The number of rotatable bonds is 5. The molecule has 1 aliphatic carbocycles. The van der Waals surface area contributed by atoms with Gasteiger partial charge in [-0.05, 0) is 30.5 Å². The van der Waals surface area contributed by atoms with E-state index in [9.17, 15) is 17.2 Å². The van der Waals surface area contributed by atoms with E-state index >= 15 is 0 Å². The molecule has 0 unspecified atom stereocenters. The Bertz CT molecular complexity index is 917. The van der Waals surface area contributed by atoms with Crippen molar-refractivity contribution in [2.75, 3.05) is 18.4 Å². The molecule has 2 aromatic rings. The van der Waals surface area contributed by atoms with E-state index in [1.807, 2.05) is 30.3 Å². The Morgan fingerprint density at radius 3 is 2.33 bits per heavy atom. The third-order valence-corrected chi connectivity index (χ3v) is 7.95. The Hall–Kier alpha value is -1.99. The smallest absolute Gasteiger partial charge is 0.217 e. The molecule has 2 atom stereocenters. The van der Waals surface area contributed by atoms with Gasteiger partial charge in [-0.1, -0.05) is 36.8 Å². The molecule has 4 rings (SSSR count). The maximum absolute atomic E-state index is 13.6. The molecule has 0 radical (unpaired) electrons. The second kappa shape index (κ2) is 7.20. The van der Waals surface area contributed by atoms with Gasteiger partial charge in [-0.2, -0.15) is 4.31 Å². The average molecular weight is 392 g/mol. The Morgan fingerprint density at radius 2 is 1.70 bits per heavy atom. The molecule has 2 aromatic carbocycles. The van der Waals surface area contributed by atoms with Crippen molar-refractivity contribution >= 4 is 15.7 Å². The summed E-state index contributed by atoms with van der Waals surface area (Å²) in [5.41, 5.74) is 1.48. The van der Waals surface area contributed by atoms with Crippen LogP contribution in [0.25, 0.3) is 0 Å². The van der Waals surface area contributed by atoms with Gasteiger partial charge in [0.1, 0.15) is 0 Å². The third-order valence-electron chi connectivity index (χ3n) is 5.62. The van der Waals surface area contributed by atoms with Crippen LogP contribution in [-0.2, 0) is 10.0 Å². The predicted octanol–water partition coefficient (Wildman–Crippen LogP) is 3.73. The molecule has 0 aromatic heterocycles. The van der Waals surface area contributed by atoms with Crippen molar-refractivity contribution in [3.8, 4) is 0 Å². The first-order valence-electron chi connectivity index (χ1n) is 9.20. The lowest BCUT2D eigenvalue weighted by Gasteiger charge is -2.29. The summed E-state index contributed by atoms with van der Waals surface area (Å²) < 4.78 is 54.1. The van der Waals surface area contributed by atoms with Gasteiger partial charge in [-0.25, -0.2) is 17.2 Å². The van der Waals surface area contributed by atoms with Gasteiger partial charge in [0, 0.05) is 36.8 Å². The predicted molar refractivity (Wildman–Crippen MR) is 101 cm³/mol. The molecule has 1 saturated carbocycles. The number of hydrogen-bond donors (Lipinski definition) is 1. The summed E-state index contributed by atoms with van der Waals surface area (Å²) in [6, 6.07) is 13.2. The lowest BCUT2D eigenvalue weighted by molar-refractivity contribution is 0.415. The Kier molecular flexibility index (Phi) is 4.90. The first-order valence-corrected chi connectivity index (χ1v) is 10.7. The van der Waals surface area contributed by atoms with Crippen LogP contribution in [0.4, 0.5) is 14.5 Å². The fraction of sp³-hybridized carbons (Fsp3) is 0.400. The van der Waals surface area contributed by atoms with Crippen molar-refractivity contribution < 1.29 is 17.2 Å². The summed E-state index contributed by atoms with van der Waals surface area (Å²) in [5.74, 6) is -1.89. The topological polar surface area (TPSA) is 49.4 Å². The maximum Gasteiger partial charge on any atom is 0.217 e. The molecule has 1 heterocycles. The number of sulfonamides is 1. The standard InChI is InChI=1S/C20H22F2N2O2S/c21-18-10-9-15(11-19(18)22)23-20-13-24(27(25,26)16-7-4-8-16)12-17(20)14-5-2-1-3-6-14/h1-3,5-6,9-11,16-17,20,23H,4,7-8,12-13H2/t17-,20+/m1/s1. The van der Waals surface area contributed by atoms with Crippen molar-refractivity contribution in [1.29, 1.82) is 0 Å². The lowest BCUT2D eigenvalue weighted by Crippen LogP contribution is -2.41. The number of halogens is 2. The fourth-order valence-corrected chi connectivity index (χ4v) is 5.93. The Balaban J connectivity index is 1.61. The van der Waals surface area contributed by atoms with E-state index in [-0.39, 0.29) is 17.2 Å². The minimum atomic E-state index is -3.32. The van der Waals surface area contributed by atoms with Crippen molar-refractivity contribution in [3.05, 3.63) is 65.7 Å². The zero-order valence-electron chi connectivity index (χ0n) is 14.8. The monoisotopic (exact) mass is 392 g/mol. The molecule has 4 nitrogen and oxygen atoms in total. The first kappa shape index (κ1) is 18.4. The average Bonchev–Trinajstić information content (AvgIpc) is 3.02. The number of nitrogens with zero attached hydrogens (tertiary/aromatic N) is 1. The van der Waals surface area contributed by atoms with Crippen LogP contribution in [0, 0.1) is 11.6 Å². The van der Waals surface area contributed by atoms with Crippen LogP contribution in [0.1, 0.15) is 30.7 Å². The van der Waals surface area contributed by atoms with Gasteiger partial charge in [0.2, 0.25) is 10.0 Å². The van der Waals surface area contributed by atoms with Crippen LogP contribution in [-0.4, -0.2) is 37.1 Å². The van der Waals surface area contributed by atoms with E-state index in [0.29, 0.717) is 18.8 Å². The molecular weight excluding hydrogens is 370 g/mol. The summed E-state index contributed by atoms with van der Waals surface area (Å²) in [6.45, 7) is 0.710. The fourth-order valence-electron chi connectivity index (χ4n) is 3.84. The zero-order valence-corrected chi connectivity index (χ0v) is 15.6. The highest BCUT2D eigenvalue weighted by molar-refractivity contribution is 7.89. The van der Waals surface area contributed by atoms with Crippen LogP contribution in [0.3, 0.4) is 0 Å². The highest BCUT2D eigenvalue weighted by Crippen LogP contribution is 2.36. The van der Waals surface area contributed by atoms with Gasteiger partial charge in [0.05, 0.1) is 5.25 Å². The SMILES string of the molecule is O=S(=O)(C1CCC1)N1C[C@H](Nc2ccc(F)c(F)c2)[C@@H](c2ccccc2)C1. The lowest BCUT2D eigenvalue weighted by atomic mass is 9.94. The summed E-state index contributed by atoms with van der Waals surface area (Å²) >= 11 is 0. The largest absolute Gasteiger partial charge is 0.380 e. The van der Waals surface area contributed by atoms with Gasteiger partial charge in [-0.3, -0.25) is 0 Å². The highest BCUT2D eigenvalue weighted by atomic mass is 32.2. The van der Waals surface area contributed by atoms with Gasteiger partial charge in [0.25, 0.3) is 0 Å². The van der Waals surface area contributed by atoms with E-state index < -0.39 is 21.7 Å². The summed E-state index contributed by atoms with van der Waals surface area (Å²) in [5, 5.41) is 2.94. The molecule has 1 aliphatic heterocycles. The van der Waals surface area contributed by atoms with Gasteiger partial charge in [-0.15, -0.1) is 0 Å². The molecule has 144 valence electrons. The van der Waals surface area contributed by atoms with Crippen molar-refractivity contribution in [1.82, 2.24) is 4.31 Å². The van der Waals surface area contributed by atoms with Crippen LogP contribution in [0.15, 0.2) is 48.5 Å². The van der Waals surface area contributed by atoms with E-state index in [4.69, 9.17) is 0 Å². The Morgan fingerprint density at radius 1 is 0.963 bits per heavy atom. The summed E-state index contributed by atoms with van der Waals surface area (Å²) in [4.78, 5) is 0. The normalized spacial score (nSPS) is 23.9. The molecule has 27 heavy (non-hydrogen) atoms. The molecule has 0 amide bonds. The quantitative estimate of drug-likeness (QED) is 0.844. The van der Waals surface area contributed by atoms with Crippen molar-refractivity contribution in [3.63, 3.8) is 0 Å². The summed E-state index contributed by atoms with van der Waals surface area (Å²) in [7, 11) is -3.32. The number of nitrogens with one attached hydrogen (secondary N) is 1. The van der Waals surface area contributed by atoms with Crippen molar-refractivity contribution in [2.24, 2.45) is 0 Å². The summed E-state index contributed by atoms with van der Waals surface area (Å²) in [6.07, 6.45) is 2.39. The van der Waals surface area contributed by atoms with Crippen LogP contribution >= 0.6 is 0 Å². The van der Waals surface area contributed by atoms with E-state index in [2.05, 4.69) is 5.32 Å². The third kappa shape index (κ3) is 3.58. The zero-order chi connectivity index (χ0) is 19.0. The number of hydrogen-bond acceptors (Lipinski definition) is 3. The molecule has 1 N–H and O–H groups in total. The molecule has 7 heteroatoms. The van der Waals surface area contributed by atoms with Crippen LogP contribution in [0.5, 0.6) is 0 Å². The van der Waals surface area contributed by atoms with Gasteiger partial charge >= 0.3 is 0 Å². The van der Waals surface area contributed by atoms with E-state index in [1.54, 1.807) is 4.31 Å². The second-order valence-corrected chi connectivity index (χ2v) is 9.52. The molecular formula is C20H22F2N2O2S. The molecule has 0 spiro atoms. The van der Waals surface area contributed by atoms with Gasteiger partial charge in [0.15, 0.2) is 11.6 Å². The minimum absolute atomic E-state index is 0.0610. The highest BCUT2D eigenvalue weighted by Gasteiger charge is 2.44. The second-order valence-electron chi connectivity index (χ2n) is 7.31. The Labute approximate surface area is 158 Å². The van der Waals surface area contributed by atoms with Gasteiger partial charge < -0.3 is 5.32 Å². The molecule has 1 saturated heterocycles. The van der Waals surface area contributed by atoms with E-state index in [1.165, 1.54) is 6.07 Å². The van der Waals surface area contributed by atoms with Crippen LogP contribution in [0.2, 0.25) is 0 Å². The number of anilines is 1. The number of benzene rings is 2. The van der Waals surface area contributed by atoms with Crippen LogP contribution < -0.4 is 5.32 Å². The minimum Gasteiger partial charge on any atom is -0.380 e. The first-order chi connectivity index (χ1) is 12.9. The molecule has 2 fully saturated rings. The maximum atomic E-state index is 13.6. The van der Waals surface area contributed by atoms with E-state index in [0.717, 1.165) is 37.0 Å². The van der Waals surface area contributed by atoms with Crippen molar-refractivity contribution in [2.45, 2.75) is 36.5 Å². The molecule has 2 aliphatic rings. The molecule has 0 bridgehead atoms.